The highest BCUT2D eigenvalue weighted by Crippen LogP contribution is 2.19. The summed E-state index contributed by atoms with van der Waals surface area (Å²) in [6.45, 7) is 12.9. The van der Waals surface area contributed by atoms with E-state index in [-0.39, 0.29) is 29.9 Å². The average molecular weight is 467 g/mol. The number of guanidine groups is 1. The van der Waals surface area contributed by atoms with Gasteiger partial charge in [-0.1, -0.05) is 0 Å². The van der Waals surface area contributed by atoms with Crippen molar-refractivity contribution < 1.29 is 4.79 Å². The number of halogens is 1. The van der Waals surface area contributed by atoms with Crippen LogP contribution >= 0.6 is 24.0 Å². The third kappa shape index (κ3) is 9.08. The van der Waals surface area contributed by atoms with Crippen LogP contribution in [-0.2, 0) is 4.79 Å². The lowest BCUT2D eigenvalue weighted by molar-refractivity contribution is -0.119. The van der Waals surface area contributed by atoms with Gasteiger partial charge in [0.15, 0.2) is 5.96 Å². The summed E-state index contributed by atoms with van der Waals surface area (Å²) >= 11 is 0. The molecule has 25 heavy (non-hydrogen) atoms. The van der Waals surface area contributed by atoms with Crippen molar-refractivity contribution in [3.8, 4) is 0 Å². The van der Waals surface area contributed by atoms with E-state index in [1.807, 2.05) is 7.05 Å². The Bertz CT molecular complexity index is 406. The topological polar surface area (TPSA) is 74.0 Å². The smallest absolute Gasteiger partial charge is 0.217 e. The minimum absolute atomic E-state index is 0. The van der Waals surface area contributed by atoms with E-state index in [4.69, 9.17) is 5.73 Å². The first-order valence-corrected chi connectivity index (χ1v) is 9.34. The number of rotatable bonds is 8. The van der Waals surface area contributed by atoms with Crippen molar-refractivity contribution in [1.82, 2.24) is 15.1 Å². The molecule has 148 valence electrons. The number of hydrogen-bond donors (Lipinski definition) is 2. The monoisotopic (exact) mass is 467 g/mol. The summed E-state index contributed by atoms with van der Waals surface area (Å²) in [6.07, 6.45) is 3.74. The number of hydrogen-bond acceptors (Lipinski definition) is 3. The van der Waals surface area contributed by atoms with Gasteiger partial charge in [0.2, 0.25) is 5.91 Å². The number of nitrogens with zero attached hydrogens (tertiary/aromatic N) is 3. The highest BCUT2D eigenvalue weighted by Gasteiger charge is 2.23. The van der Waals surface area contributed by atoms with Gasteiger partial charge in [0.25, 0.3) is 0 Å². The molecule has 1 unspecified atom stereocenters. The van der Waals surface area contributed by atoms with Gasteiger partial charge in [0.05, 0.1) is 0 Å². The Hall–Kier alpha value is -0.570. The number of aliphatic imine (C=N–C) groups is 1. The molecule has 7 heteroatoms. The summed E-state index contributed by atoms with van der Waals surface area (Å²) in [4.78, 5) is 20.3. The molecular formula is C18H38IN5O. The van der Waals surface area contributed by atoms with Crippen molar-refractivity contribution >= 4 is 35.8 Å². The maximum Gasteiger partial charge on any atom is 0.217 e. The quantitative estimate of drug-likeness (QED) is 0.249. The molecule has 0 radical (unpaired) electrons. The zero-order valence-electron chi connectivity index (χ0n) is 16.6. The van der Waals surface area contributed by atoms with Gasteiger partial charge in [-0.25, -0.2) is 0 Å². The molecule has 0 aromatic rings. The number of primary amides is 1. The minimum atomic E-state index is -0.202. The van der Waals surface area contributed by atoms with Gasteiger partial charge < -0.3 is 16.0 Å². The Balaban J connectivity index is 0.00000576. The minimum Gasteiger partial charge on any atom is -0.370 e. The molecule has 0 bridgehead atoms. The summed E-state index contributed by atoms with van der Waals surface area (Å²) in [5.74, 6) is 1.10. The lowest BCUT2D eigenvalue weighted by Gasteiger charge is -2.35. The first kappa shape index (κ1) is 24.4. The zero-order chi connectivity index (χ0) is 18.1. The van der Waals surface area contributed by atoms with Crippen LogP contribution in [0, 0.1) is 5.92 Å². The number of carbonyl (C=O) groups is 1. The Morgan fingerprint density at radius 2 is 1.96 bits per heavy atom. The van der Waals surface area contributed by atoms with Gasteiger partial charge in [0, 0.05) is 51.7 Å². The molecule has 1 atom stereocenters. The van der Waals surface area contributed by atoms with E-state index in [2.05, 4.69) is 47.8 Å². The van der Waals surface area contributed by atoms with Gasteiger partial charge in [-0.3, -0.25) is 14.7 Å². The van der Waals surface area contributed by atoms with E-state index >= 15 is 0 Å². The second kappa shape index (κ2) is 12.7. The largest absolute Gasteiger partial charge is 0.370 e. The van der Waals surface area contributed by atoms with Crippen molar-refractivity contribution in [1.29, 1.82) is 0 Å². The van der Waals surface area contributed by atoms with E-state index in [0.29, 0.717) is 24.4 Å². The van der Waals surface area contributed by atoms with Crippen LogP contribution in [0.25, 0.3) is 0 Å². The summed E-state index contributed by atoms with van der Waals surface area (Å²) in [6, 6.07) is 1.14. The number of nitrogens with two attached hydrogens (primary N) is 1. The Labute approximate surface area is 171 Å². The number of likely N-dealkylation sites (tertiary alicyclic amines) is 1. The molecule has 0 saturated carbocycles. The van der Waals surface area contributed by atoms with E-state index < -0.39 is 0 Å². The van der Waals surface area contributed by atoms with Crippen molar-refractivity contribution in [2.24, 2.45) is 16.6 Å². The highest BCUT2D eigenvalue weighted by molar-refractivity contribution is 14.0. The molecule has 1 rings (SSSR count). The molecule has 1 aliphatic rings. The van der Waals surface area contributed by atoms with Crippen LogP contribution in [0.2, 0.25) is 0 Å². The lowest BCUT2D eigenvalue weighted by Crippen LogP contribution is -2.47. The highest BCUT2D eigenvalue weighted by atomic mass is 127. The number of nitrogens with one attached hydrogen (secondary N) is 1. The first-order valence-electron chi connectivity index (χ1n) is 9.34. The van der Waals surface area contributed by atoms with Crippen LogP contribution in [0.3, 0.4) is 0 Å². The second-order valence-electron chi connectivity index (χ2n) is 7.38. The van der Waals surface area contributed by atoms with E-state index in [1.165, 1.54) is 0 Å². The predicted octanol–water partition coefficient (Wildman–Crippen LogP) is 2.28. The van der Waals surface area contributed by atoms with Crippen molar-refractivity contribution in [2.45, 2.75) is 65.5 Å². The average Bonchev–Trinajstić information content (AvgIpc) is 2.49. The molecule has 1 amide bonds. The molecule has 3 N–H and O–H groups in total. The van der Waals surface area contributed by atoms with Crippen LogP contribution in [0.4, 0.5) is 0 Å². The van der Waals surface area contributed by atoms with E-state index in [1.54, 1.807) is 0 Å². The third-order valence-corrected chi connectivity index (χ3v) is 4.72. The molecule has 1 saturated heterocycles. The fourth-order valence-corrected chi connectivity index (χ4v) is 3.62. The van der Waals surface area contributed by atoms with Crippen LogP contribution < -0.4 is 11.1 Å². The van der Waals surface area contributed by atoms with Crippen LogP contribution in [-0.4, -0.2) is 67.0 Å². The van der Waals surface area contributed by atoms with Gasteiger partial charge in [-0.05, 0) is 52.9 Å². The van der Waals surface area contributed by atoms with Gasteiger partial charge in [0.1, 0.15) is 0 Å². The number of piperidine rings is 1. The van der Waals surface area contributed by atoms with Crippen molar-refractivity contribution in [2.75, 3.05) is 33.2 Å². The molecule has 1 fully saturated rings. The van der Waals surface area contributed by atoms with Crippen LogP contribution in [0.15, 0.2) is 4.99 Å². The van der Waals surface area contributed by atoms with Crippen molar-refractivity contribution in [3.63, 3.8) is 0 Å². The molecule has 6 nitrogen and oxygen atoms in total. The molecule has 1 aliphatic heterocycles. The van der Waals surface area contributed by atoms with E-state index in [0.717, 1.165) is 51.4 Å². The van der Waals surface area contributed by atoms with E-state index in [9.17, 15) is 4.79 Å². The fraction of sp³-hybridized carbons (Fsp3) is 0.889. The summed E-state index contributed by atoms with van der Waals surface area (Å²) < 4.78 is 0. The lowest BCUT2D eigenvalue weighted by atomic mass is 9.95. The standard InChI is InChI=1S/C18H37N5O.HI/c1-14(2)23(15(3)4)11-7-9-21-18(20-5)22-10-6-8-16(13-22)12-17(19)24;/h14-16H,6-13H2,1-5H3,(H2,19,24)(H,20,21);1H. The second-order valence-corrected chi connectivity index (χ2v) is 7.38. The predicted molar refractivity (Wildman–Crippen MR) is 116 cm³/mol. The SMILES string of the molecule is CN=C(NCCCN(C(C)C)C(C)C)N1CCCC(CC(N)=O)C1.I. The fourth-order valence-electron chi connectivity index (χ4n) is 3.62. The molecule has 0 aliphatic carbocycles. The molecule has 1 heterocycles. The van der Waals surface area contributed by atoms with Gasteiger partial charge >= 0.3 is 0 Å². The van der Waals surface area contributed by atoms with Crippen molar-refractivity contribution in [3.05, 3.63) is 0 Å². The zero-order valence-corrected chi connectivity index (χ0v) is 19.0. The summed E-state index contributed by atoms with van der Waals surface area (Å²) in [7, 11) is 1.83. The summed E-state index contributed by atoms with van der Waals surface area (Å²) in [5, 5.41) is 3.48. The van der Waals surface area contributed by atoms with Gasteiger partial charge in [-0.2, -0.15) is 0 Å². The van der Waals surface area contributed by atoms with Crippen LogP contribution in [0.1, 0.15) is 53.4 Å². The Kier molecular flexibility index (Phi) is 12.4. The third-order valence-electron chi connectivity index (χ3n) is 4.72. The molecule has 0 aromatic carbocycles. The maximum atomic E-state index is 11.2. The normalized spacial score (nSPS) is 18.6. The maximum absolute atomic E-state index is 11.2. The molecular weight excluding hydrogens is 429 g/mol. The summed E-state index contributed by atoms with van der Waals surface area (Å²) in [5.41, 5.74) is 5.34. The Morgan fingerprint density at radius 1 is 1.32 bits per heavy atom. The molecule has 0 aromatic heterocycles. The first-order chi connectivity index (χ1) is 11.3. The Morgan fingerprint density at radius 3 is 2.48 bits per heavy atom. The number of carbonyl (C=O) groups excluding carboxylic acids is 1. The van der Waals surface area contributed by atoms with Crippen LogP contribution in [0.5, 0.6) is 0 Å². The number of amides is 1. The van der Waals surface area contributed by atoms with Gasteiger partial charge in [-0.15, -0.1) is 24.0 Å². The molecule has 0 spiro atoms.